The number of nitrogens with one attached hydrogen (secondary N) is 1. The number of halogens is 3. The minimum atomic E-state index is -1.03. The van der Waals surface area contributed by atoms with Crippen molar-refractivity contribution in [2.24, 2.45) is 0 Å². The zero-order valence-corrected chi connectivity index (χ0v) is 15.1. The molecule has 0 radical (unpaired) electrons. The van der Waals surface area contributed by atoms with Gasteiger partial charge in [0.2, 0.25) is 0 Å². The second-order valence-electron chi connectivity index (χ2n) is 5.82. The minimum absolute atomic E-state index is 0.0760. The lowest BCUT2D eigenvalue weighted by Gasteiger charge is -2.14. The summed E-state index contributed by atoms with van der Waals surface area (Å²) in [6.45, 7) is 1.77. The maximum Gasteiger partial charge on any atom is 0.261 e. The molecule has 140 valence electrons. The molecule has 0 aliphatic carbocycles. The smallest absolute Gasteiger partial charge is 0.261 e. The van der Waals surface area contributed by atoms with E-state index in [4.69, 9.17) is 16.3 Å². The summed E-state index contributed by atoms with van der Waals surface area (Å²) >= 11 is 5.86. The monoisotopic (exact) mass is 391 g/mol. The Bertz CT molecular complexity index is 944. The number of nitrogens with zero attached hydrogens (tertiary/aromatic N) is 2. The molecule has 0 aliphatic heterocycles. The van der Waals surface area contributed by atoms with Gasteiger partial charge in [-0.05, 0) is 43.3 Å². The SMILES string of the molecule is CC(Oc1ccc(F)c(F)c1)C(=O)NCc1cnn(-c2ccc(Cl)cc2)c1. The molecule has 1 heterocycles. The summed E-state index contributed by atoms with van der Waals surface area (Å²) in [6.07, 6.45) is 2.54. The molecule has 1 N–H and O–H groups in total. The van der Waals surface area contributed by atoms with Crippen molar-refractivity contribution in [1.82, 2.24) is 15.1 Å². The largest absolute Gasteiger partial charge is 0.481 e. The second-order valence-corrected chi connectivity index (χ2v) is 6.26. The zero-order chi connectivity index (χ0) is 19.4. The molecule has 3 aromatic rings. The third-order valence-electron chi connectivity index (χ3n) is 3.77. The summed E-state index contributed by atoms with van der Waals surface area (Å²) in [7, 11) is 0. The number of aromatic nitrogens is 2. The number of rotatable bonds is 6. The van der Waals surface area contributed by atoms with Gasteiger partial charge in [-0.15, -0.1) is 0 Å². The highest BCUT2D eigenvalue weighted by Gasteiger charge is 2.15. The van der Waals surface area contributed by atoms with E-state index in [0.29, 0.717) is 5.02 Å². The topological polar surface area (TPSA) is 56.1 Å². The Balaban J connectivity index is 1.55. The van der Waals surface area contributed by atoms with Crippen LogP contribution in [0.15, 0.2) is 54.9 Å². The Morgan fingerprint density at radius 3 is 2.67 bits per heavy atom. The van der Waals surface area contributed by atoms with Gasteiger partial charge >= 0.3 is 0 Å². The van der Waals surface area contributed by atoms with Crippen LogP contribution in [-0.2, 0) is 11.3 Å². The first kappa shape index (κ1) is 18.8. The molecule has 27 heavy (non-hydrogen) atoms. The quantitative estimate of drug-likeness (QED) is 0.693. The average molecular weight is 392 g/mol. The Labute approximate surface area is 159 Å². The molecule has 5 nitrogen and oxygen atoms in total. The maximum absolute atomic E-state index is 13.2. The summed E-state index contributed by atoms with van der Waals surface area (Å²) in [5.41, 5.74) is 1.63. The van der Waals surface area contributed by atoms with Gasteiger partial charge in [-0.25, -0.2) is 13.5 Å². The first-order chi connectivity index (χ1) is 12.9. The third kappa shape index (κ3) is 4.83. The molecule has 8 heteroatoms. The molecule has 1 atom stereocenters. The summed E-state index contributed by atoms with van der Waals surface area (Å²) < 4.78 is 33.1. The molecule has 0 spiro atoms. The highest BCUT2D eigenvalue weighted by molar-refractivity contribution is 6.30. The first-order valence-electron chi connectivity index (χ1n) is 8.11. The molecule has 0 bridgehead atoms. The second kappa shape index (κ2) is 8.18. The van der Waals surface area contributed by atoms with Crippen molar-refractivity contribution in [1.29, 1.82) is 0 Å². The molecule has 0 fully saturated rings. The van der Waals surface area contributed by atoms with E-state index in [9.17, 15) is 13.6 Å². The Morgan fingerprint density at radius 2 is 1.96 bits per heavy atom. The van der Waals surface area contributed by atoms with Gasteiger partial charge < -0.3 is 10.1 Å². The molecule has 1 unspecified atom stereocenters. The van der Waals surface area contributed by atoms with Crippen LogP contribution < -0.4 is 10.1 Å². The van der Waals surface area contributed by atoms with Gasteiger partial charge in [0.1, 0.15) is 5.75 Å². The number of carbonyl (C=O) groups is 1. The molecular formula is C19H16ClF2N3O2. The summed E-state index contributed by atoms with van der Waals surface area (Å²) in [4.78, 5) is 12.1. The van der Waals surface area contributed by atoms with Gasteiger partial charge in [-0.2, -0.15) is 5.10 Å². The predicted molar refractivity (Wildman–Crippen MR) is 96.9 cm³/mol. The Morgan fingerprint density at radius 1 is 1.22 bits per heavy atom. The van der Waals surface area contributed by atoms with Crippen LogP contribution in [0, 0.1) is 11.6 Å². The molecule has 1 amide bonds. The van der Waals surface area contributed by atoms with Crippen molar-refractivity contribution in [3.05, 3.63) is 77.1 Å². The molecular weight excluding hydrogens is 376 g/mol. The van der Waals surface area contributed by atoms with E-state index in [1.165, 1.54) is 13.0 Å². The number of carbonyl (C=O) groups excluding carboxylic acids is 1. The highest BCUT2D eigenvalue weighted by Crippen LogP contribution is 2.17. The van der Waals surface area contributed by atoms with Crippen molar-refractivity contribution in [2.45, 2.75) is 19.6 Å². The van der Waals surface area contributed by atoms with Crippen LogP contribution in [0.4, 0.5) is 8.78 Å². The fraction of sp³-hybridized carbons (Fsp3) is 0.158. The normalized spacial score (nSPS) is 11.9. The van der Waals surface area contributed by atoms with Gasteiger partial charge in [0.15, 0.2) is 17.7 Å². The number of hydrogen-bond donors (Lipinski definition) is 1. The number of benzene rings is 2. The zero-order valence-electron chi connectivity index (χ0n) is 14.3. The van der Waals surface area contributed by atoms with Crippen LogP contribution in [0.25, 0.3) is 5.69 Å². The Hall–Kier alpha value is -2.93. The van der Waals surface area contributed by atoms with Gasteiger partial charge in [0.05, 0.1) is 11.9 Å². The van der Waals surface area contributed by atoms with E-state index in [1.807, 2.05) is 12.1 Å². The van der Waals surface area contributed by atoms with E-state index in [1.54, 1.807) is 29.2 Å². The highest BCUT2D eigenvalue weighted by atomic mass is 35.5. The van der Waals surface area contributed by atoms with Gasteiger partial charge in [-0.3, -0.25) is 4.79 Å². The van der Waals surface area contributed by atoms with Crippen molar-refractivity contribution in [2.75, 3.05) is 0 Å². The molecule has 2 aromatic carbocycles. The minimum Gasteiger partial charge on any atom is -0.481 e. The van der Waals surface area contributed by atoms with Crippen molar-refractivity contribution in [3.8, 4) is 11.4 Å². The van der Waals surface area contributed by atoms with Crippen LogP contribution in [0.2, 0.25) is 5.02 Å². The van der Waals surface area contributed by atoms with E-state index >= 15 is 0 Å². The standard InChI is InChI=1S/C19H16ClF2N3O2/c1-12(27-16-6-7-17(21)18(22)8-16)19(26)23-9-13-10-24-25(11-13)15-4-2-14(20)3-5-15/h2-8,10-12H,9H2,1H3,(H,23,26). The third-order valence-corrected chi connectivity index (χ3v) is 4.02. The van der Waals surface area contributed by atoms with Gasteiger partial charge in [0, 0.05) is 29.4 Å². The maximum atomic E-state index is 13.2. The lowest BCUT2D eigenvalue weighted by atomic mass is 10.3. The molecule has 0 saturated heterocycles. The fourth-order valence-electron chi connectivity index (χ4n) is 2.33. The summed E-state index contributed by atoms with van der Waals surface area (Å²) in [5.74, 6) is -2.32. The van der Waals surface area contributed by atoms with E-state index in [2.05, 4.69) is 10.4 Å². The van der Waals surface area contributed by atoms with Crippen LogP contribution in [0.3, 0.4) is 0 Å². The predicted octanol–water partition coefficient (Wildman–Crippen LogP) is 3.89. The molecule has 0 aliphatic rings. The number of ether oxygens (including phenoxy) is 1. The number of amides is 1. The van der Waals surface area contributed by atoms with Crippen LogP contribution in [0.5, 0.6) is 5.75 Å². The van der Waals surface area contributed by atoms with Crippen molar-refractivity contribution in [3.63, 3.8) is 0 Å². The average Bonchev–Trinajstić information content (AvgIpc) is 3.12. The molecule has 1 aromatic heterocycles. The lowest BCUT2D eigenvalue weighted by molar-refractivity contribution is -0.127. The molecule has 3 rings (SSSR count). The van der Waals surface area contributed by atoms with Gasteiger partial charge in [0.25, 0.3) is 5.91 Å². The van der Waals surface area contributed by atoms with E-state index < -0.39 is 17.7 Å². The first-order valence-corrected chi connectivity index (χ1v) is 8.49. The van der Waals surface area contributed by atoms with Crippen LogP contribution in [-0.4, -0.2) is 21.8 Å². The van der Waals surface area contributed by atoms with E-state index in [0.717, 1.165) is 23.4 Å². The number of hydrogen-bond acceptors (Lipinski definition) is 3. The van der Waals surface area contributed by atoms with Crippen molar-refractivity contribution < 1.29 is 18.3 Å². The van der Waals surface area contributed by atoms with Gasteiger partial charge in [-0.1, -0.05) is 11.6 Å². The summed E-state index contributed by atoms with van der Waals surface area (Å²) in [5, 5.41) is 7.58. The Kier molecular flexibility index (Phi) is 5.71. The fourth-order valence-corrected chi connectivity index (χ4v) is 2.45. The van der Waals surface area contributed by atoms with Crippen LogP contribution in [0.1, 0.15) is 12.5 Å². The molecule has 0 saturated carbocycles. The van der Waals surface area contributed by atoms with Crippen LogP contribution >= 0.6 is 11.6 Å². The summed E-state index contributed by atoms with van der Waals surface area (Å²) in [6, 6.07) is 10.3. The van der Waals surface area contributed by atoms with Crippen molar-refractivity contribution >= 4 is 17.5 Å². The van der Waals surface area contributed by atoms with E-state index in [-0.39, 0.29) is 18.2 Å². The lowest BCUT2D eigenvalue weighted by Crippen LogP contribution is -2.35.